The lowest BCUT2D eigenvalue weighted by atomic mass is 10.0. The molecule has 1 unspecified atom stereocenters. The fourth-order valence-corrected chi connectivity index (χ4v) is 1.80. The van der Waals surface area contributed by atoms with Gasteiger partial charge >= 0.3 is 5.97 Å². The van der Waals surface area contributed by atoms with E-state index >= 15 is 0 Å². The van der Waals surface area contributed by atoms with Gasteiger partial charge in [-0.3, -0.25) is 0 Å². The van der Waals surface area contributed by atoms with Crippen LogP contribution in [0.4, 0.5) is 5.82 Å². The first kappa shape index (κ1) is 14.4. The molecule has 6 nitrogen and oxygen atoms in total. The summed E-state index contributed by atoms with van der Waals surface area (Å²) in [5.74, 6) is -0.507. The van der Waals surface area contributed by atoms with Crippen molar-refractivity contribution in [2.75, 3.05) is 18.5 Å². The summed E-state index contributed by atoms with van der Waals surface area (Å²) < 4.78 is 0. The van der Waals surface area contributed by atoms with Gasteiger partial charge < -0.3 is 15.5 Å². The number of aliphatic hydroxyl groups is 1. The topological polar surface area (TPSA) is 95.3 Å². The second-order valence-corrected chi connectivity index (χ2v) is 4.11. The summed E-state index contributed by atoms with van der Waals surface area (Å²) in [4.78, 5) is 18.7. The highest BCUT2D eigenvalue weighted by Gasteiger charge is 2.14. The summed E-state index contributed by atoms with van der Waals surface area (Å²) in [7, 11) is 0. The molecule has 18 heavy (non-hydrogen) atoms. The molecule has 1 atom stereocenters. The van der Waals surface area contributed by atoms with Crippen molar-refractivity contribution in [3.05, 3.63) is 18.1 Å². The van der Waals surface area contributed by atoms with E-state index in [0.717, 1.165) is 12.8 Å². The van der Waals surface area contributed by atoms with E-state index in [1.807, 2.05) is 0 Å². The van der Waals surface area contributed by atoms with Crippen molar-refractivity contribution in [2.24, 2.45) is 5.92 Å². The Hall–Kier alpha value is -1.69. The van der Waals surface area contributed by atoms with Crippen LogP contribution in [0.1, 0.15) is 36.7 Å². The van der Waals surface area contributed by atoms with Crippen molar-refractivity contribution in [1.29, 1.82) is 0 Å². The number of carboxylic acids is 1. The molecule has 0 aliphatic rings. The Labute approximate surface area is 106 Å². The van der Waals surface area contributed by atoms with E-state index in [0.29, 0.717) is 18.9 Å². The van der Waals surface area contributed by atoms with E-state index in [4.69, 9.17) is 10.2 Å². The van der Waals surface area contributed by atoms with E-state index in [9.17, 15) is 4.79 Å². The molecule has 0 radical (unpaired) electrons. The normalized spacial score (nSPS) is 12.1. The predicted octanol–water partition coefficient (Wildman–Crippen LogP) is 1.39. The molecule has 100 valence electrons. The van der Waals surface area contributed by atoms with Gasteiger partial charge in [0.2, 0.25) is 0 Å². The van der Waals surface area contributed by atoms with E-state index in [2.05, 4.69) is 22.2 Å². The molecule has 0 aliphatic heterocycles. The fraction of sp³-hybridized carbons (Fsp3) is 0.583. The van der Waals surface area contributed by atoms with Gasteiger partial charge in [-0.15, -0.1) is 0 Å². The maximum atomic E-state index is 10.9. The molecule has 1 heterocycles. The van der Waals surface area contributed by atoms with Crippen molar-refractivity contribution in [3.8, 4) is 0 Å². The Kier molecular flexibility index (Phi) is 6.07. The second-order valence-electron chi connectivity index (χ2n) is 4.11. The first-order valence-electron chi connectivity index (χ1n) is 6.08. The van der Waals surface area contributed by atoms with Crippen LogP contribution in [0.2, 0.25) is 0 Å². The third-order valence-corrected chi connectivity index (χ3v) is 2.69. The van der Waals surface area contributed by atoms with Crippen molar-refractivity contribution in [3.63, 3.8) is 0 Å². The molecule has 0 spiro atoms. The highest BCUT2D eigenvalue weighted by atomic mass is 16.4. The Bertz CT molecular complexity index is 379. The number of nitrogens with one attached hydrogen (secondary N) is 1. The minimum Gasteiger partial charge on any atom is -0.476 e. The van der Waals surface area contributed by atoms with E-state index in [1.165, 1.54) is 12.4 Å². The van der Waals surface area contributed by atoms with Crippen LogP contribution in [0.3, 0.4) is 0 Å². The fourth-order valence-electron chi connectivity index (χ4n) is 1.80. The summed E-state index contributed by atoms with van der Waals surface area (Å²) in [6.07, 6.45) is 5.51. The molecule has 1 rings (SSSR count). The lowest BCUT2D eigenvalue weighted by molar-refractivity contribution is 0.0691. The van der Waals surface area contributed by atoms with Gasteiger partial charge in [-0.2, -0.15) is 0 Å². The van der Waals surface area contributed by atoms with Crippen molar-refractivity contribution < 1.29 is 15.0 Å². The lowest BCUT2D eigenvalue weighted by Gasteiger charge is -2.16. The zero-order valence-corrected chi connectivity index (χ0v) is 10.5. The first-order chi connectivity index (χ1) is 8.69. The molecule has 0 aromatic carbocycles. The average molecular weight is 253 g/mol. The third kappa shape index (κ3) is 4.29. The Morgan fingerprint density at radius 3 is 2.72 bits per heavy atom. The van der Waals surface area contributed by atoms with Gasteiger partial charge in [0.1, 0.15) is 0 Å². The van der Waals surface area contributed by atoms with Crippen molar-refractivity contribution in [1.82, 2.24) is 9.97 Å². The first-order valence-corrected chi connectivity index (χ1v) is 6.08. The molecule has 0 aliphatic carbocycles. The number of carbonyl (C=O) groups is 1. The van der Waals surface area contributed by atoms with Gasteiger partial charge in [0.05, 0.1) is 0 Å². The Morgan fingerprint density at radius 2 is 2.11 bits per heavy atom. The number of rotatable bonds is 8. The second kappa shape index (κ2) is 7.60. The van der Waals surface area contributed by atoms with Gasteiger partial charge in [-0.05, 0) is 18.8 Å². The average Bonchev–Trinajstić information content (AvgIpc) is 2.36. The number of nitrogens with zero attached hydrogens (tertiary/aromatic N) is 2. The summed E-state index contributed by atoms with van der Waals surface area (Å²) in [6.45, 7) is 2.81. The monoisotopic (exact) mass is 253 g/mol. The van der Waals surface area contributed by atoms with E-state index in [-0.39, 0.29) is 18.1 Å². The van der Waals surface area contributed by atoms with Crippen LogP contribution in [-0.4, -0.2) is 39.3 Å². The SMILES string of the molecule is CCCC(CCO)CNc1nccnc1C(=O)O. The number of aromatic nitrogens is 2. The van der Waals surface area contributed by atoms with Crippen LogP contribution in [0, 0.1) is 5.92 Å². The summed E-state index contributed by atoms with van der Waals surface area (Å²) in [6, 6.07) is 0. The van der Waals surface area contributed by atoms with Gasteiger partial charge in [-0.1, -0.05) is 13.3 Å². The Morgan fingerprint density at radius 1 is 1.39 bits per heavy atom. The molecule has 0 bridgehead atoms. The maximum Gasteiger partial charge on any atom is 0.358 e. The van der Waals surface area contributed by atoms with Crippen LogP contribution in [0.25, 0.3) is 0 Å². The summed E-state index contributed by atoms with van der Waals surface area (Å²) in [5.41, 5.74) is -0.0725. The van der Waals surface area contributed by atoms with Gasteiger partial charge in [0.15, 0.2) is 11.5 Å². The lowest BCUT2D eigenvalue weighted by Crippen LogP contribution is -2.18. The highest BCUT2D eigenvalue weighted by Crippen LogP contribution is 2.14. The molecule has 6 heteroatoms. The molecular formula is C12H19N3O3. The number of hydrogen-bond acceptors (Lipinski definition) is 5. The van der Waals surface area contributed by atoms with Crippen molar-refractivity contribution in [2.45, 2.75) is 26.2 Å². The molecule has 0 amide bonds. The quantitative estimate of drug-likeness (QED) is 0.648. The third-order valence-electron chi connectivity index (χ3n) is 2.69. The van der Waals surface area contributed by atoms with E-state index < -0.39 is 5.97 Å². The van der Waals surface area contributed by atoms with Crippen LogP contribution in [-0.2, 0) is 0 Å². The molecule has 1 aromatic rings. The number of aliphatic hydroxyl groups excluding tert-OH is 1. The number of hydrogen-bond donors (Lipinski definition) is 3. The van der Waals surface area contributed by atoms with Gasteiger partial charge in [0.25, 0.3) is 0 Å². The zero-order chi connectivity index (χ0) is 13.4. The molecule has 0 saturated heterocycles. The standard InChI is InChI=1S/C12H19N3O3/c1-2-3-9(4-7-16)8-15-11-10(12(17)18)13-5-6-14-11/h5-6,9,16H,2-4,7-8H2,1H3,(H,14,15)(H,17,18). The van der Waals surface area contributed by atoms with Crippen LogP contribution in [0.5, 0.6) is 0 Å². The molecule has 0 saturated carbocycles. The molecule has 0 fully saturated rings. The maximum absolute atomic E-state index is 10.9. The Balaban J connectivity index is 2.63. The molecule has 1 aromatic heterocycles. The van der Waals surface area contributed by atoms with Crippen LogP contribution < -0.4 is 5.32 Å². The van der Waals surface area contributed by atoms with Gasteiger partial charge in [0, 0.05) is 25.5 Å². The smallest absolute Gasteiger partial charge is 0.358 e. The van der Waals surface area contributed by atoms with E-state index in [1.54, 1.807) is 0 Å². The molecular weight excluding hydrogens is 234 g/mol. The van der Waals surface area contributed by atoms with Crippen molar-refractivity contribution >= 4 is 11.8 Å². The van der Waals surface area contributed by atoms with Gasteiger partial charge in [-0.25, -0.2) is 14.8 Å². The summed E-state index contributed by atoms with van der Waals surface area (Å²) in [5, 5.41) is 20.9. The number of carboxylic acid groups (broad SMARTS) is 1. The largest absolute Gasteiger partial charge is 0.476 e. The highest BCUT2D eigenvalue weighted by molar-refractivity contribution is 5.90. The van der Waals surface area contributed by atoms with Crippen LogP contribution in [0.15, 0.2) is 12.4 Å². The molecule has 3 N–H and O–H groups in total. The zero-order valence-electron chi connectivity index (χ0n) is 10.5. The predicted molar refractivity (Wildman–Crippen MR) is 67.6 cm³/mol. The minimum absolute atomic E-state index is 0.0725. The minimum atomic E-state index is -1.10. The number of aromatic carboxylic acids is 1. The number of anilines is 1. The summed E-state index contributed by atoms with van der Waals surface area (Å²) >= 11 is 0. The van der Waals surface area contributed by atoms with Crippen LogP contribution >= 0.6 is 0 Å².